The largest absolute Gasteiger partial charge is 0.497 e. The maximum absolute atomic E-state index is 12.5. The Morgan fingerprint density at radius 3 is 2.48 bits per heavy atom. The Labute approximate surface area is 135 Å². The second kappa shape index (κ2) is 6.16. The van der Waals surface area contributed by atoms with Crippen molar-refractivity contribution in [3.63, 3.8) is 0 Å². The van der Waals surface area contributed by atoms with Crippen molar-refractivity contribution in [2.45, 2.75) is 5.92 Å². The molecule has 0 bridgehead atoms. The molecule has 0 aliphatic heterocycles. The van der Waals surface area contributed by atoms with E-state index in [2.05, 4.69) is 0 Å². The summed E-state index contributed by atoms with van der Waals surface area (Å²) in [7, 11) is 5.03. The second-order valence-electron chi connectivity index (χ2n) is 5.45. The lowest BCUT2D eigenvalue weighted by Gasteiger charge is -2.15. The number of carbonyl (C=O) groups excluding carboxylic acids is 1. The summed E-state index contributed by atoms with van der Waals surface area (Å²) in [6, 6.07) is 15.6. The van der Waals surface area contributed by atoms with E-state index < -0.39 is 5.92 Å². The van der Waals surface area contributed by atoms with Gasteiger partial charge in [0.15, 0.2) is 0 Å². The van der Waals surface area contributed by atoms with E-state index in [-0.39, 0.29) is 5.97 Å². The first-order chi connectivity index (χ1) is 11.2. The van der Waals surface area contributed by atoms with Crippen LogP contribution in [-0.4, -0.2) is 24.8 Å². The minimum atomic E-state index is -0.461. The third-order valence-corrected chi connectivity index (χ3v) is 4.11. The Balaban J connectivity index is 2.24. The van der Waals surface area contributed by atoms with Crippen LogP contribution in [0.3, 0.4) is 0 Å². The van der Waals surface area contributed by atoms with Crippen LogP contribution in [0.2, 0.25) is 0 Å². The van der Waals surface area contributed by atoms with Crippen molar-refractivity contribution in [1.82, 2.24) is 4.57 Å². The normalized spacial score (nSPS) is 12.1. The Morgan fingerprint density at radius 2 is 1.83 bits per heavy atom. The monoisotopic (exact) mass is 309 g/mol. The highest BCUT2D eigenvalue weighted by Crippen LogP contribution is 2.34. The van der Waals surface area contributed by atoms with Gasteiger partial charge in [-0.2, -0.15) is 0 Å². The first kappa shape index (κ1) is 15.2. The number of benzene rings is 2. The summed E-state index contributed by atoms with van der Waals surface area (Å²) in [6.07, 6.45) is 1.98. The van der Waals surface area contributed by atoms with Crippen LogP contribution in [0.1, 0.15) is 17.0 Å². The van der Waals surface area contributed by atoms with Crippen molar-refractivity contribution in [1.29, 1.82) is 0 Å². The second-order valence-corrected chi connectivity index (χ2v) is 5.45. The lowest BCUT2D eigenvalue weighted by atomic mass is 9.91. The fraction of sp³-hybridized carbons (Fsp3) is 0.211. The van der Waals surface area contributed by atoms with Gasteiger partial charge in [-0.25, -0.2) is 0 Å². The molecule has 1 aromatic heterocycles. The fourth-order valence-electron chi connectivity index (χ4n) is 2.96. The highest BCUT2D eigenvalue weighted by molar-refractivity contribution is 5.93. The number of nitrogens with zero attached hydrogens (tertiary/aromatic N) is 1. The number of hydrogen-bond acceptors (Lipinski definition) is 3. The van der Waals surface area contributed by atoms with E-state index in [0.29, 0.717) is 0 Å². The van der Waals surface area contributed by atoms with Crippen molar-refractivity contribution in [3.05, 3.63) is 65.9 Å². The van der Waals surface area contributed by atoms with Crippen LogP contribution in [0.25, 0.3) is 10.9 Å². The third-order valence-electron chi connectivity index (χ3n) is 4.11. The van der Waals surface area contributed by atoms with Gasteiger partial charge in [0.2, 0.25) is 0 Å². The number of carbonyl (C=O) groups is 1. The minimum Gasteiger partial charge on any atom is -0.497 e. The zero-order valence-corrected chi connectivity index (χ0v) is 13.4. The average Bonchev–Trinajstić information content (AvgIpc) is 2.92. The van der Waals surface area contributed by atoms with E-state index in [4.69, 9.17) is 9.47 Å². The molecule has 3 rings (SSSR count). The van der Waals surface area contributed by atoms with Crippen LogP contribution in [0.4, 0.5) is 0 Å². The molecule has 1 unspecified atom stereocenters. The molecule has 0 N–H and O–H groups in total. The maximum atomic E-state index is 12.5. The Morgan fingerprint density at radius 1 is 1.09 bits per heavy atom. The van der Waals surface area contributed by atoms with E-state index in [1.807, 2.05) is 66.3 Å². The van der Waals surface area contributed by atoms with Crippen LogP contribution in [0.15, 0.2) is 54.7 Å². The predicted molar refractivity (Wildman–Crippen MR) is 89.8 cm³/mol. The number of esters is 1. The molecule has 1 heterocycles. The molecule has 0 radical (unpaired) electrons. The summed E-state index contributed by atoms with van der Waals surface area (Å²) in [5.74, 6) is 0.0325. The quantitative estimate of drug-likeness (QED) is 0.693. The smallest absolute Gasteiger partial charge is 0.317 e. The predicted octanol–water partition coefficient (Wildman–Crippen LogP) is 3.49. The number of fused-ring (bicyclic) bond motifs is 1. The molecule has 4 nitrogen and oxygen atoms in total. The van der Waals surface area contributed by atoms with Crippen LogP contribution in [-0.2, 0) is 16.6 Å². The molecule has 0 aliphatic carbocycles. The fourth-order valence-corrected chi connectivity index (χ4v) is 2.96. The molecule has 23 heavy (non-hydrogen) atoms. The third kappa shape index (κ3) is 2.68. The van der Waals surface area contributed by atoms with Crippen molar-refractivity contribution in [2.24, 2.45) is 7.05 Å². The van der Waals surface area contributed by atoms with E-state index in [9.17, 15) is 4.79 Å². The molecule has 0 fully saturated rings. The topological polar surface area (TPSA) is 40.5 Å². The SMILES string of the molecule is COC(=O)C(c1ccccc1)c1cn(C)c2ccc(OC)cc12. The van der Waals surface area contributed by atoms with Gasteiger partial charge < -0.3 is 14.0 Å². The maximum Gasteiger partial charge on any atom is 0.317 e. The number of ether oxygens (including phenoxy) is 2. The van der Waals surface area contributed by atoms with Gasteiger partial charge in [0, 0.05) is 24.1 Å². The van der Waals surface area contributed by atoms with Gasteiger partial charge in [-0.1, -0.05) is 30.3 Å². The highest BCUT2D eigenvalue weighted by atomic mass is 16.5. The zero-order chi connectivity index (χ0) is 16.4. The summed E-state index contributed by atoms with van der Waals surface area (Å²) < 4.78 is 12.4. The minimum absolute atomic E-state index is 0.272. The summed E-state index contributed by atoms with van der Waals surface area (Å²) >= 11 is 0. The first-order valence-electron chi connectivity index (χ1n) is 7.41. The lowest BCUT2D eigenvalue weighted by Crippen LogP contribution is -2.15. The standard InChI is InChI=1S/C19H19NO3/c1-20-12-16(15-11-14(22-2)9-10-17(15)20)18(19(21)23-3)13-7-5-4-6-8-13/h4-12,18H,1-3H3. The van der Waals surface area contributed by atoms with Gasteiger partial charge >= 0.3 is 5.97 Å². The molecule has 4 heteroatoms. The molecular weight excluding hydrogens is 290 g/mol. The summed E-state index contributed by atoms with van der Waals surface area (Å²) in [5.41, 5.74) is 2.87. The van der Waals surface area contributed by atoms with E-state index in [0.717, 1.165) is 27.8 Å². The number of hydrogen-bond donors (Lipinski definition) is 0. The molecule has 118 valence electrons. The van der Waals surface area contributed by atoms with E-state index >= 15 is 0 Å². The van der Waals surface area contributed by atoms with Crippen molar-refractivity contribution in [3.8, 4) is 5.75 Å². The first-order valence-corrected chi connectivity index (χ1v) is 7.41. The summed E-state index contributed by atoms with van der Waals surface area (Å²) in [6.45, 7) is 0. The van der Waals surface area contributed by atoms with Crippen molar-refractivity contribution >= 4 is 16.9 Å². The van der Waals surface area contributed by atoms with Crippen LogP contribution in [0, 0.1) is 0 Å². The van der Waals surface area contributed by atoms with Gasteiger partial charge in [-0.15, -0.1) is 0 Å². The summed E-state index contributed by atoms with van der Waals surface area (Å²) in [4.78, 5) is 12.5. The van der Waals surface area contributed by atoms with Gasteiger partial charge in [-0.3, -0.25) is 4.79 Å². The highest BCUT2D eigenvalue weighted by Gasteiger charge is 2.27. The van der Waals surface area contributed by atoms with Crippen LogP contribution < -0.4 is 4.74 Å². The molecular formula is C19H19NO3. The number of rotatable bonds is 4. The molecule has 2 aromatic carbocycles. The molecule has 0 aliphatic rings. The molecule has 0 amide bonds. The lowest BCUT2D eigenvalue weighted by molar-refractivity contribution is -0.141. The molecule has 0 saturated heterocycles. The van der Waals surface area contributed by atoms with Crippen LogP contribution >= 0.6 is 0 Å². The van der Waals surface area contributed by atoms with E-state index in [1.54, 1.807) is 7.11 Å². The van der Waals surface area contributed by atoms with Gasteiger partial charge in [0.05, 0.1) is 14.2 Å². The number of aromatic nitrogens is 1. The molecule has 1 atom stereocenters. The van der Waals surface area contributed by atoms with Gasteiger partial charge in [0.1, 0.15) is 11.7 Å². The van der Waals surface area contributed by atoms with E-state index in [1.165, 1.54) is 7.11 Å². The van der Waals surface area contributed by atoms with Gasteiger partial charge in [0.25, 0.3) is 0 Å². The average molecular weight is 309 g/mol. The van der Waals surface area contributed by atoms with Crippen LogP contribution in [0.5, 0.6) is 5.75 Å². The Bertz CT molecular complexity index is 836. The van der Waals surface area contributed by atoms with Gasteiger partial charge in [-0.05, 0) is 29.3 Å². The number of aryl methyl sites for hydroxylation is 1. The Hall–Kier alpha value is -2.75. The van der Waals surface area contributed by atoms with Crippen molar-refractivity contribution in [2.75, 3.05) is 14.2 Å². The molecule has 0 spiro atoms. The molecule has 0 saturated carbocycles. The van der Waals surface area contributed by atoms with Crippen molar-refractivity contribution < 1.29 is 14.3 Å². The number of methoxy groups -OCH3 is 2. The molecule has 3 aromatic rings. The Kier molecular flexibility index (Phi) is 4.06. The summed E-state index contributed by atoms with van der Waals surface area (Å²) in [5, 5.41) is 0.992. The zero-order valence-electron chi connectivity index (χ0n) is 13.4.